The maximum Gasteiger partial charge on any atom is 0.257 e. The predicted octanol–water partition coefficient (Wildman–Crippen LogP) is 2.17. The van der Waals surface area contributed by atoms with Gasteiger partial charge in [-0.2, -0.15) is 0 Å². The second kappa shape index (κ2) is 2.08. The van der Waals surface area contributed by atoms with E-state index in [1.54, 1.807) is 6.92 Å². The SMILES string of the molecule is CC1C(F)(F)C12CC1CCC(C2)N1. The molecule has 3 unspecified atom stereocenters. The highest BCUT2D eigenvalue weighted by Gasteiger charge is 2.79. The fourth-order valence-corrected chi connectivity index (χ4v) is 3.52. The Labute approximate surface area is 76.9 Å². The smallest absolute Gasteiger partial charge is 0.257 e. The van der Waals surface area contributed by atoms with Gasteiger partial charge in [-0.15, -0.1) is 0 Å². The highest BCUT2D eigenvalue weighted by molar-refractivity contribution is 5.21. The summed E-state index contributed by atoms with van der Waals surface area (Å²) in [6.45, 7) is 1.71. The maximum absolute atomic E-state index is 13.4. The minimum atomic E-state index is -2.37. The molecule has 2 aliphatic heterocycles. The summed E-state index contributed by atoms with van der Waals surface area (Å²) in [5, 5.41) is 3.41. The van der Waals surface area contributed by atoms with Crippen LogP contribution >= 0.6 is 0 Å². The molecule has 0 aromatic heterocycles. The first-order chi connectivity index (χ1) is 6.06. The first kappa shape index (κ1) is 8.16. The third-order valence-electron chi connectivity index (χ3n) is 4.51. The molecular weight excluding hydrogens is 172 g/mol. The molecule has 1 N–H and O–H groups in total. The van der Waals surface area contributed by atoms with Gasteiger partial charge >= 0.3 is 0 Å². The van der Waals surface area contributed by atoms with Crippen LogP contribution in [0.2, 0.25) is 0 Å². The Balaban J connectivity index is 1.88. The molecule has 3 heteroatoms. The summed E-state index contributed by atoms with van der Waals surface area (Å²) in [6.07, 6.45) is 3.62. The number of piperidine rings is 1. The molecule has 1 nitrogen and oxygen atoms in total. The molecule has 0 aromatic rings. The minimum absolute atomic E-state index is 0.370. The Bertz CT molecular complexity index is 239. The van der Waals surface area contributed by atoms with Crippen molar-refractivity contribution in [2.45, 2.75) is 50.6 Å². The second-order valence-corrected chi connectivity index (χ2v) is 5.05. The van der Waals surface area contributed by atoms with E-state index in [0.29, 0.717) is 24.9 Å². The van der Waals surface area contributed by atoms with Crippen molar-refractivity contribution in [2.75, 3.05) is 0 Å². The highest BCUT2D eigenvalue weighted by Crippen LogP contribution is 2.72. The van der Waals surface area contributed by atoms with Crippen molar-refractivity contribution < 1.29 is 8.78 Å². The zero-order valence-electron chi connectivity index (χ0n) is 7.82. The zero-order valence-corrected chi connectivity index (χ0v) is 7.82. The summed E-state index contributed by atoms with van der Waals surface area (Å²) in [5.41, 5.74) is -0.607. The van der Waals surface area contributed by atoms with E-state index in [9.17, 15) is 8.78 Å². The molecule has 0 amide bonds. The fourth-order valence-electron chi connectivity index (χ4n) is 3.52. The van der Waals surface area contributed by atoms with Crippen LogP contribution in [0.3, 0.4) is 0 Å². The van der Waals surface area contributed by atoms with E-state index in [4.69, 9.17) is 0 Å². The molecule has 2 bridgehead atoms. The molecule has 1 saturated carbocycles. The Hall–Kier alpha value is -0.180. The lowest BCUT2D eigenvalue weighted by molar-refractivity contribution is 0.0392. The van der Waals surface area contributed by atoms with Crippen LogP contribution in [0.4, 0.5) is 8.78 Å². The summed E-state index contributed by atoms with van der Waals surface area (Å²) < 4.78 is 26.8. The van der Waals surface area contributed by atoms with Gasteiger partial charge in [0.1, 0.15) is 0 Å². The van der Waals surface area contributed by atoms with E-state index >= 15 is 0 Å². The summed E-state index contributed by atoms with van der Waals surface area (Å²) >= 11 is 0. The van der Waals surface area contributed by atoms with Gasteiger partial charge in [0.2, 0.25) is 0 Å². The molecule has 13 heavy (non-hydrogen) atoms. The predicted molar refractivity (Wildman–Crippen MR) is 45.7 cm³/mol. The molecule has 3 atom stereocenters. The Kier molecular flexibility index (Phi) is 1.30. The Morgan fingerprint density at radius 3 is 2.00 bits per heavy atom. The van der Waals surface area contributed by atoms with Crippen molar-refractivity contribution in [3.05, 3.63) is 0 Å². The molecule has 3 aliphatic rings. The lowest BCUT2D eigenvalue weighted by Gasteiger charge is -2.29. The van der Waals surface area contributed by atoms with Gasteiger partial charge in [-0.1, -0.05) is 6.92 Å². The zero-order chi connectivity index (χ0) is 9.27. The average molecular weight is 187 g/mol. The van der Waals surface area contributed by atoms with E-state index in [2.05, 4.69) is 5.32 Å². The van der Waals surface area contributed by atoms with Crippen LogP contribution in [0.25, 0.3) is 0 Å². The lowest BCUT2D eigenvalue weighted by atomic mass is 9.87. The van der Waals surface area contributed by atoms with Crippen molar-refractivity contribution in [3.63, 3.8) is 0 Å². The molecule has 3 rings (SSSR count). The largest absolute Gasteiger partial charge is 0.311 e. The van der Waals surface area contributed by atoms with Gasteiger partial charge in [0.05, 0.1) is 0 Å². The highest BCUT2D eigenvalue weighted by atomic mass is 19.3. The summed E-state index contributed by atoms with van der Waals surface area (Å²) in [6, 6.07) is 0.768. The van der Waals surface area contributed by atoms with Gasteiger partial charge in [0.15, 0.2) is 0 Å². The fraction of sp³-hybridized carbons (Fsp3) is 1.00. The van der Waals surface area contributed by atoms with Gasteiger partial charge in [0.25, 0.3) is 5.92 Å². The first-order valence-corrected chi connectivity index (χ1v) is 5.20. The van der Waals surface area contributed by atoms with Gasteiger partial charge in [-0.25, -0.2) is 8.78 Å². The summed E-state index contributed by atoms with van der Waals surface area (Å²) in [5.74, 6) is -2.74. The molecule has 3 fully saturated rings. The van der Waals surface area contributed by atoms with Crippen LogP contribution < -0.4 is 5.32 Å². The number of hydrogen-bond acceptors (Lipinski definition) is 1. The quantitative estimate of drug-likeness (QED) is 0.613. The maximum atomic E-state index is 13.4. The minimum Gasteiger partial charge on any atom is -0.311 e. The van der Waals surface area contributed by atoms with E-state index in [1.807, 2.05) is 0 Å². The van der Waals surface area contributed by atoms with E-state index in [1.165, 1.54) is 0 Å². The number of rotatable bonds is 0. The average Bonchev–Trinajstić information content (AvgIpc) is 2.46. The van der Waals surface area contributed by atoms with Crippen molar-refractivity contribution in [1.29, 1.82) is 0 Å². The van der Waals surface area contributed by atoms with Crippen molar-refractivity contribution >= 4 is 0 Å². The van der Waals surface area contributed by atoms with Crippen LogP contribution in [0.1, 0.15) is 32.6 Å². The molecular formula is C10H15F2N. The molecule has 1 aliphatic carbocycles. The third kappa shape index (κ3) is 0.797. The van der Waals surface area contributed by atoms with Crippen LogP contribution in [0.5, 0.6) is 0 Å². The van der Waals surface area contributed by atoms with Crippen LogP contribution in [-0.2, 0) is 0 Å². The first-order valence-electron chi connectivity index (χ1n) is 5.20. The third-order valence-corrected chi connectivity index (χ3v) is 4.51. The Morgan fingerprint density at radius 2 is 1.62 bits per heavy atom. The molecule has 0 aromatic carbocycles. The standard InChI is InChI=1S/C10H15F2N/c1-6-9(10(6,11)12)4-7-2-3-8(5-9)13-7/h6-8,13H,2-5H2,1H3. The number of halogens is 2. The molecule has 0 radical (unpaired) electrons. The van der Waals surface area contributed by atoms with Gasteiger partial charge < -0.3 is 5.32 Å². The van der Waals surface area contributed by atoms with Gasteiger partial charge in [-0.05, 0) is 25.7 Å². The van der Waals surface area contributed by atoms with Gasteiger partial charge in [-0.3, -0.25) is 0 Å². The van der Waals surface area contributed by atoms with Gasteiger partial charge in [0, 0.05) is 23.4 Å². The Morgan fingerprint density at radius 1 is 1.15 bits per heavy atom. The monoisotopic (exact) mass is 187 g/mol. The van der Waals surface area contributed by atoms with Crippen LogP contribution in [0.15, 0.2) is 0 Å². The van der Waals surface area contributed by atoms with Crippen molar-refractivity contribution in [2.24, 2.45) is 11.3 Å². The topological polar surface area (TPSA) is 12.0 Å². The van der Waals surface area contributed by atoms with Crippen LogP contribution in [0, 0.1) is 11.3 Å². The number of hydrogen-bond donors (Lipinski definition) is 1. The summed E-state index contributed by atoms with van der Waals surface area (Å²) in [4.78, 5) is 0. The van der Waals surface area contributed by atoms with Crippen molar-refractivity contribution in [3.8, 4) is 0 Å². The number of nitrogens with one attached hydrogen (secondary N) is 1. The molecule has 74 valence electrons. The normalized spacial score (nSPS) is 57.0. The lowest BCUT2D eigenvalue weighted by Crippen LogP contribution is -2.41. The van der Waals surface area contributed by atoms with E-state index < -0.39 is 11.3 Å². The number of alkyl halides is 2. The summed E-state index contributed by atoms with van der Waals surface area (Å²) in [7, 11) is 0. The van der Waals surface area contributed by atoms with Crippen molar-refractivity contribution in [1.82, 2.24) is 5.32 Å². The molecule has 2 saturated heterocycles. The van der Waals surface area contributed by atoms with E-state index in [-0.39, 0.29) is 5.92 Å². The molecule has 1 spiro atoms. The number of fused-ring (bicyclic) bond motifs is 2. The van der Waals surface area contributed by atoms with Crippen LogP contribution in [-0.4, -0.2) is 18.0 Å². The molecule has 2 heterocycles. The van der Waals surface area contributed by atoms with E-state index in [0.717, 1.165) is 12.8 Å². The second-order valence-electron chi connectivity index (χ2n) is 5.05.